The van der Waals surface area contributed by atoms with Crippen molar-refractivity contribution in [3.8, 4) is 0 Å². The van der Waals surface area contributed by atoms with Gasteiger partial charge in [-0.3, -0.25) is 4.79 Å². The summed E-state index contributed by atoms with van der Waals surface area (Å²) in [7, 11) is 0. The second kappa shape index (κ2) is 7.42. The third-order valence-corrected chi connectivity index (χ3v) is 5.41. The van der Waals surface area contributed by atoms with Crippen LogP contribution >= 0.6 is 11.6 Å². The van der Waals surface area contributed by atoms with Gasteiger partial charge in [0.25, 0.3) is 0 Å². The summed E-state index contributed by atoms with van der Waals surface area (Å²) in [5, 5.41) is 9.71. The minimum atomic E-state index is -2.54. The number of aliphatic hydroxyl groups excluding tert-OH is 1. The first-order valence-electron chi connectivity index (χ1n) is 8.71. The Kier molecular flexibility index (Phi) is 5.44. The summed E-state index contributed by atoms with van der Waals surface area (Å²) in [6, 6.07) is 5.32. The molecule has 25 heavy (non-hydrogen) atoms. The van der Waals surface area contributed by atoms with Crippen LogP contribution in [0.2, 0.25) is 5.02 Å². The number of ketones is 1. The van der Waals surface area contributed by atoms with Crippen LogP contribution in [-0.2, 0) is 6.42 Å². The molecule has 3 rings (SSSR count). The summed E-state index contributed by atoms with van der Waals surface area (Å²) < 4.78 is 28.3. The number of carbonyl (C=O) groups excluding carboxylic acids is 1. The molecule has 2 heterocycles. The van der Waals surface area contributed by atoms with E-state index in [2.05, 4.69) is 0 Å². The quantitative estimate of drug-likeness (QED) is 0.734. The van der Waals surface area contributed by atoms with Crippen molar-refractivity contribution in [2.45, 2.75) is 50.9 Å². The van der Waals surface area contributed by atoms with E-state index in [1.807, 2.05) is 10.6 Å². The fraction of sp³-hybridized carbons (Fsp3) is 0.526. The number of pyridine rings is 1. The standard InChI is InChI=1S/C19H22ClF2NO2/c20-16-2-1-10-23-14(7-11-24)12-15(18(16)23)17(25)4-3-13-5-8-19(21,22)9-6-13/h1-2,10,12-13,24H,3-9,11H2. The fourth-order valence-corrected chi connectivity index (χ4v) is 3.93. The molecule has 1 aliphatic carbocycles. The van der Waals surface area contributed by atoms with Gasteiger partial charge in [0.05, 0.1) is 10.5 Å². The Morgan fingerprint density at radius 2 is 2.08 bits per heavy atom. The third kappa shape index (κ3) is 4.04. The number of alkyl halides is 2. The van der Waals surface area contributed by atoms with E-state index in [0.717, 1.165) is 5.69 Å². The lowest BCUT2D eigenvalue weighted by Gasteiger charge is -2.27. The number of fused-ring (bicyclic) bond motifs is 1. The second-order valence-electron chi connectivity index (χ2n) is 6.86. The van der Waals surface area contributed by atoms with E-state index in [0.29, 0.717) is 48.2 Å². The first-order valence-corrected chi connectivity index (χ1v) is 9.09. The average Bonchev–Trinajstić information content (AvgIpc) is 2.94. The zero-order valence-corrected chi connectivity index (χ0v) is 14.7. The highest BCUT2D eigenvalue weighted by Crippen LogP contribution is 2.38. The minimum Gasteiger partial charge on any atom is -0.396 e. The molecule has 0 saturated heterocycles. The lowest BCUT2D eigenvalue weighted by Crippen LogP contribution is -2.24. The molecule has 1 aliphatic rings. The number of nitrogens with zero attached hydrogens (tertiary/aromatic N) is 1. The number of carbonyl (C=O) groups is 1. The van der Waals surface area contributed by atoms with Crippen LogP contribution in [-0.4, -0.2) is 27.8 Å². The lowest BCUT2D eigenvalue weighted by atomic mass is 9.83. The first kappa shape index (κ1) is 18.3. The number of hydrogen-bond acceptors (Lipinski definition) is 2. The summed E-state index contributed by atoms with van der Waals surface area (Å²) in [5.74, 6) is -2.37. The van der Waals surface area contributed by atoms with Gasteiger partial charge in [-0.2, -0.15) is 0 Å². The summed E-state index contributed by atoms with van der Waals surface area (Å²) in [6.07, 6.45) is 4.03. The molecule has 0 amide bonds. The molecule has 0 atom stereocenters. The Hall–Kier alpha value is -1.46. The van der Waals surface area contributed by atoms with Crippen LogP contribution in [0.4, 0.5) is 8.78 Å². The maximum Gasteiger partial charge on any atom is 0.248 e. The summed E-state index contributed by atoms with van der Waals surface area (Å²) in [4.78, 5) is 12.7. The van der Waals surface area contributed by atoms with Crippen molar-refractivity contribution < 1.29 is 18.7 Å². The first-order chi connectivity index (χ1) is 11.9. The molecule has 1 N–H and O–H groups in total. The largest absolute Gasteiger partial charge is 0.396 e. The fourth-order valence-electron chi connectivity index (χ4n) is 3.66. The molecule has 0 radical (unpaired) electrons. The van der Waals surface area contributed by atoms with Crippen molar-refractivity contribution in [3.63, 3.8) is 0 Å². The monoisotopic (exact) mass is 369 g/mol. The Balaban J connectivity index is 1.74. The molecule has 0 aliphatic heterocycles. The van der Waals surface area contributed by atoms with E-state index in [1.54, 1.807) is 18.2 Å². The van der Waals surface area contributed by atoms with Crippen LogP contribution < -0.4 is 0 Å². The molecule has 2 aromatic heterocycles. The van der Waals surface area contributed by atoms with E-state index in [4.69, 9.17) is 11.6 Å². The van der Waals surface area contributed by atoms with Crippen LogP contribution in [0, 0.1) is 5.92 Å². The van der Waals surface area contributed by atoms with Crippen LogP contribution in [0.5, 0.6) is 0 Å². The smallest absolute Gasteiger partial charge is 0.248 e. The van der Waals surface area contributed by atoms with Gasteiger partial charge in [-0.25, -0.2) is 8.78 Å². The number of Topliss-reactive ketones (excluding diaryl/α,β-unsaturated/α-hetero) is 1. The van der Waals surface area contributed by atoms with E-state index in [1.165, 1.54) is 0 Å². The lowest BCUT2D eigenvalue weighted by molar-refractivity contribution is -0.0464. The van der Waals surface area contributed by atoms with Gasteiger partial charge in [0, 0.05) is 49.7 Å². The van der Waals surface area contributed by atoms with Gasteiger partial charge < -0.3 is 9.51 Å². The van der Waals surface area contributed by atoms with Gasteiger partial charge in [0.1, 0.15) is 0 Å². The molecule has 0 spiro atoms. The molecule has 6 heteroatoms. The zero-order valence-electron chi connectivity index (χ0n) is 14.0. The molecule has 1 fully saturated rings. The van der Waals surface area contributed by atoms with Gasteiger partial charge in [0.15, 0.2) is 5.78 Å². The molecule has 0 bridgehead atoms. The molecule has 0 aromatic carbocycles. The molecule has 3 nitrogen and oxygen atoms in total. The number of aromatic nitrogens is 1. The highest BCUT2D eigenvalue weighted by Gasteiger charge is 2.34. The number of rotatable bonds is 6. The van der Waals surface area contributed by atoms with E-state index in [9.17, 15) is 18.7 Å². The Labute approximate surface area is 150 Å². The van der Waals surface area contributed by atoms with Crippen molar-refractivity contribution in [1.82, 2.24) is 4.40 Å². The summed E-state index contributed by atoms with van der Waals surface area (Å²) in [6.45, 7) is -0.0114. The van der Waals surface area contributed by atoms with Crippen LogP contribution in [0.3, 0.4) is 0 Å². The van der Waals surface area contributed by atoms with E-state index < -0.39 is 5.92 Å². The maximum absolute atomic E-state index is 13.2. The van der Waals surface area contributed by atoms with Crippen LogP contribution in [0.25, 0.3) is 5.52 Å². The molecule has 0 unspecified atom stereocenters. The van der Waals surface area contributed by atoms with Crippen molar-refractivity contribution in [1.29, 1.82) is 0 Å². The molecular weight excluding hydrogens is 348 g/mol. The third-order valence-electron chi connectivity index (χ3n) is 5.11. The van der Waals surface area contributed by atoms with Gasteiger partial charge in [-0.05, 0) is 43.4 Å². The molecule has 1 saturated carbocycles. The van der Waals surface area contributed by atoms with Crippen molar-refractivity contribution in [3.05, 3.63) is 40.7 Å². The molecule has 2 aromatic rings. The van der Waals surface area contributed by atoms with Crippen molar-refractivity contribution in [2.24, 2.45) is 5.92 Å². The second-order valence-corrected chi connectivity index (χ2v) is 7.27. The van der Waals surface area contributed by atoms with E-state index in [-0.39, 0.29) is 31.1 Å². The average molecular weight is 370 g/mol. The van der Waals surface area contributed by atoms with Gasteiger partial charge in [0.2, 0.25) is 5.92 Å². The highest BCUT2D eigenvalue weighted by atomic mass is 35.5. The minimum absolute atomic E-state index is 0.0114. The number of aliphatic hydroxyl groups is 1. The van der Waals surface area contributed by atoms with Gasteiger partial charge in [-0.1, -0.05) is 11.6 Å². The number of halogens is 3. The number of hydrogen-bond donors (Lipinski definition) is 1. The highest BCUT2D eigenvalue weighted by molar-refractivity contribution is 6.35. The van der Waals surface area contributed by atoms with Crippen LogP contribution in [0.1, 0.15) is 54.6 Å². The molecule has 136 valence electrons. The molecular formula is C19H22ClF2NO2. The summed E-state index contributed by atoms with van der Waals surface area (Å²) >= 11 is 6.28. The predicted molar refractivity (Wildman–Crippen MR) is 93.7 cm³/mol. The Bertz CT molecular complexity index is 762. The normalized spacial score (nSPS) is 17.9. The SMILES string of the molecule is O=C(CCC1CCC(F)(F)CC1)c1cc(CCO)n2cccc(Cl)c12. The van der Waals surface area contributed by atoms with E-state index >= 15 is 0 Å². The zero-order chi connectivity index (χ0) is 18.0. The van der Waals surface area contributed by atoms with Gasteiger partial charge in [-0.15, -0.1) is 0 Å². The predicted octanol–water partition coefficient (Wildman–Crippen LogP) is 4.92. The Morgan fingerprint density at radius 3 is 2.76 bits per heavy atom. The summed E-state index contributed by atoms with van der Waals surface area (Å²) in [5.41, 5.74) is 2.05. The van der Waals surface area contributed by atoms with Crippen LogP contribution in [0.15, 0.2) is 24.4 Å². The maximum atomic E-state index is 13.2. The topological polar surface area (TPSA) is 41.7 Å². The van der Waals surface area contributed by atoms with Gasteiger partial charge >= 0.3 is 0 Å². The Morgan fingerprint density at radius 1 is 1.36 bits per heavy atom. The van der Waals surface area contributed by atoms with Crippen molar-refractivity contribution in [2.75, 3.05) is 6.61 Å². The van der Waals surface area contributed by atoms with Crippen molar-refractivity contribution >= 4 is 22.9 Å².